The zero-order valence-corrected chi connectivity index (χ0v) is 9.52. The molecule has 4 heteroatoms. The van der Waals surface area contributed by atoms with Gasteiger partial charge in [-0.25, -0.2) is 0 Å². The molecule has 0 aromatic heterocycles. The minimum Gasteiger partial charge on any atom is -0.493 e. The first kappa shape index (κ1) is 10.7. The van der Waals surface area contributed by atoms with E-state index in [4.69, 9.17) is 15.2 Å². The smallest absolute Gasteiger partial charge is 0.169 e. The van der Waals surface area contributed by atoms with Gasteiger partial charge in [-0.1, -0.05) is 0 Å². The van der Waals surface area contributed by atoms with Crippen molar-refractivity contribution in [3.8, 4) is 5.75 Å². The van der Waals surface area contributed by atoms with Crippen LogP contribution in [0, 0.1) is 5.92 Å². The standard InChI is InChI=1S/C13H15NO3/c14-11-7-16-6-10(11)13(15)9-1-2-12-8(5-9)3-4-17-12/h1-2,5,10-11H,3-4,6-7,14H2. The summed E-state index contributed by atoms with van der Waals surface area (Å²) in [5.74, 6) is 0.786. The minimum absolute atomic E-state index is 0.0877. The Morgan fingerprint density at radius 3 is 3.00 bits per heavy atom. The van der Waals surface area contributed by atoms with Gasteiger partial charge in [-0.15, -0.1) is 0 Å². The third kappa shape index (κ3) is 1.83. The lowest BCUT2D eigenvalue weighted by atomic mass is 9.93. The summed E-state index contributed by atoms with van der Waals surface area (Å²) in [5, 5.41) is 0. The van der Waals surface area contributed by atoms with E-state index in [1.54, 1.807) is 0 Å². The molecular formula is C13H15NO3. The second kappa shape index (κ2) is 4.13. The summed E-state index contributed by atoms with van der Waals surface area (Å²) >= 11 is 0. The third-order valence-electron chi connectivity index (χ3n) is 3.44. The van der Waals surface area contributed by atoms with Crippen LogP contribution in [0.3, 0.4) is 0 Å². The minimum atomic E-state index is -0.199. The molecule has 0 saturated carbocycles. The fraction of sp³-hybridized carbons (Fsp3) is 0.462. The average Bonchev–Trinajstić information content (AvgIpc) is 2.95. The Balaban J connectivity index is 1.86. The molecule has 17 heavy (non-hydrogen) atoms. The summed E-state index contributed by atoms with van der Waals surface area (Å²) in [6.07, 6.45) is 0.879. The van der Waals surface area contributed by atoms with E-state index in [1.807, 2.05) is 18.2 Å². The SMILES string of the molecule is NC1COCC1C(=O)c1ccc2c(c1)CCO2. The average molecular weight is 233 g/mol. The van der Waals surface area contributed by atoms with Gasteiger partial charge < -0.3 is 15.2 Å². The molecule has 2 heterocycles. The second-order valence-electron chi connectivity index (χ2n) is 4.59. The van der Waals surface area contributed by atoms with Crippen molar-refractivity contribution in [3.63, 3.8) is 0 Å². The van der Waals surface area contributed by atoms with Crippen LogP contribution in [0.5, 0.6) is 5.75 Å². The lowest BCUT2D eigenvalue weighted by Crippen LogP contribution is -2.34. The Kier molecular flexibility index (Phi) is 2.61. The molecule has 0 aliphatic carbocycles. The van der Waals surface area contributed by atoms with E-state index in [0.29, 0.717) is 19.8 Å². The van der Waals surface area contributed by atoms with Crippen LogP contribution in [-0.4, -0.2) is 31.6 Å². The number of hydrogen-bond acceptors (Lipinski definition) is 4. The van der Waals surface area contributed by atoms with E-state index in [9.17, 15) is 4.79 Å². The molecule has 2 aliphatic rings. The predicted octanol–water partition coefficient (Wildman–Crippen LogP) is 0.778. The monoisotopic (exact) mass is 233 g/mol. The maximum Gasteiger partial charge on any atom is 0.169 e. The summed E-state index contributed by atoms with van der Waals surface area (Å²) in [4.78, 5) is 12.3. The number of benzene rings is 1. The van der Waals surface area contributed by atoms with Gasteiger partial charge in [0, 0.05) is 18.0 Å². The molecule has 1 fully saturated rings. The van der Waals surface area contributed by atoms with Crippen molar-refractivity contribution in [1.82, 2.24) is 0 Å². The molecule has 2 atom stereocenters. The number of ether oxygens (including phenoxy) is 2. The summed E-state index contributed by atoms with van der Waals surface area (Å²) in [6.45, 7) is 1.62. The molecule has 0 radical (unpaired) electrons. The van der Waals surface area contributed by atoms with Crippen LogP contribution in [0.2, 0.25) is 0 Å². The fourth-order valence-corrected chi connectivity index (χ4v) is 2.39. The topological polar surface area (TPSA) is 61.5 Å². The van der Waals surface area contributed by atoms with Crippen molar-refractivity contribution < 1.29 is 14.3 Å². The summed E-state index contributed by atoms with van der Waals surface area (Å²) in [7, 11) is 0. The number of hydrogen-bond donors (Lipinski definition) is 1. The third-order valence-corrected chi connectivity index (χ3v) is 3.44. The molecule has 2 N–H and O–H groups in total. The van der Waals surface area contributed by atoms with E-state index in [1.165, 1.54) is 0 Å². The molecule has 1 aromatic rings. The van der Waals surface area contributed by atoms with Crippen molar-refractivity contribution in [3.05, 3.63) is 29.3 Å². The van der Waals surface area contributed by atoms with Gasteiger partial charge in [0.1, 0.15) is 5.75 Å². The first-order valence-corrected chi connectivity index (χ1v) is 5.89. The van der Waals surface area contributed by atoms with E-state index >= 15 is 0 Å². The maximum absolute atomic E-state index is 12.3. The van der Waals surface area contributed by atoms with Gasteiger partial charge in [0.2, 0.25) is 0 Å². The normalized spacial score (nSPS) is 26.6. The van der Waals surface area contributed by atoms with Crippen LogP contribution in [0.15, 0.2) is 18.2 Å². The first-order chi connectivity index (χ1) is 8.25. The van der Waals surface area contributed by atoms with Gasteiger partial charge in [-0.2, -0.15) is 0 Å². The number of nitrogens with two attached hydrogens (primary N) is 1. The number of rotatable bonds is 2. The summed E-state index contributed by atoms with van der Waals surface area (Å²) in [6, 6.07) is 5.44. The molecule has 4 nitrogen and oxygen atoms in total. The van der Waals surface area contributed by atoms with Crippen LogP contribution in [0.4, 0.5) is 0 Å². The highest BCUT2D eigenvalue weighted by atomic mass is 16.5. The Labute approximate surface area is 99.7 Å². The van der Waals surface area contributed by atoms with Crippen LogP contribution < -0.4 is 10.5 Å². The first-order valence-electron chi connectivity index (χ1n) is 5.89. The summed E-state index contributed by atoms with van der Waals surface area (Å²) in [5.41, 5.74) is 7.70. The molecule has 90 valence electrons. The van der Waals surface area contributed by atoms with Gasteiger partial charge in [-0.3, -0.25) is 4.79 Å². The quantitative estimate of drug-likeness (QED) is 0.767. The molecule has 2 unspecified atom stereocenters. The van der Waals surface area contributed by atoms with Crippen LogP contribution in [0.25, 0.3) is 0 Å². The van der Waals surface area contributed by atoms with Gasteiger partial charge >= 0.3 is 0 Å². The van der Waals surface area contributed by atoms with E-state index in [-0.39, 0.29) is 17.7 Å². The molecule has 0 spiro atoms. The lowest BCUT2D eigenvalue weighted by Gasteiger charge is -2.12. The van der Waals surface area contributed by atoms with E-state index < -0.39 is 0 Å². The highest BCUT2D eigenvalue weighted by Gasteiger charge is 2.32. The van der Waals surface area contributed by atoms with Crippen molar-refractivity contribution in [2.45, 2.75) is 12.5 Å². The number of fused-ring (bicyclic) bond motifs is 1. The van der Waals surface area contributed by atoms with Gasteiger partial charge in [0.05, 0.1) is 25.7 Å². The zero-order chi connectivity index (χ0) is 11.8. The number of carbonyl (C=O) groups is 1. The number of carbonyl (C=O) groups excluding carboxylic acids is 1. The van der Waals surface area contributed by atoms with Crippen LogP contribution >= 0.6 is 0 Å². The molecule has 0 amide bonds. The highest BCUT2D eigenvalue weighted by Crippen LogP contribution is 2.27. The molecule has 1 saturated heterocycles. The molecule has 2 aliphatic heterocycles. The fourth-order valence-electron chi connectivity index (χ4n) is 2.39. The lowest BCUT2D eigenvalue weighted by molar-refractivity contribution is 0.0896. The maximum atomic E-state index is 12.3. The van der Waals surface area contributed by atoms with Crippen LogP contribution in [-0.2, 0) is 11.2 Å². The zero-order valence-electron chi connectivity index (χ0n) is 9.52. The largest absolute Gasteiger partial charge is 0.493 e. The summed E-state index contributed by atoms with van der Waals surface area (Å²) < 4.78 is 10.7. The Morgan fingerprint density at radius 1 is 1.35 bits per heavy atom. The van der Waals surface area contributed by atoms with Gasteiger partial charge in [0.25, 0.3) is 0 Å². The van der Waals surface area contributed by atoms with Crippen LogP contribution in [0.1, 0.15) is 15.9 Å². The van der Waals surface area contributed by atoms with Gasteiger partial charge in [0.15, 0.2) is 5.78 Å². The van der Waals surface area contributed by atoms with Crippen molar-refractivity contribution >= 4 is 5.78 Å². The van der Waals surface area contributed by atoms with Gasteiger partial charge in [-0.05, 0) is 23.8 Å². The van der Waals surface area contributed by atoms with E-state index in [2.05, 4.69) is 0 Å². The highest BCUT2D eigenvalue weighted by molar-refractivity contribution is 5.99. The Hall–Kier alpha value is -1.39. The van der Waals surface area contributed by atoms with Crippen molar-refractivity contribution in [2.75, 3.05) is 19.8 Å². The Bertz CT molecular complexity index is 458. The number of Topliss-reactive ketones (excluding diaryl/α,β-unsaturated/α-hetero) is 1. The van der Waals surface area contributed by atoms with E-state index in [0.717, 1.165) is 23.3 Å². The molecule has 3 rings (SSSR count). The number of ketones is 1. The molecule has 0 bridgehead atoms. The van der Waals surface area contributed by atoms with Crippen molar-refractivity contribution in [1.29, 1.82) is 0 Å². The predicted molar refractivity (Wildman–Crippen MR) is 62.3 cm³/mol. The molecule has 1 aromatic carbocycles. The van der Waals surface area contributed by atoms with Crippen molar-refractivity contribution in [2.24, 2.45) is 11.7 Å². The molecular weight excluding hydrogens is 218 g/mol. The Morgan fingerprint density at radius 2 is 2.24 bits per heavy atom. The second-order valence-corrected chi connectivity index (χ2v) is 4.59.